The molecule has 108 valence electrons. The van der Waals surface area contributed by atoms with Gasteiger partial charge in [-0.2, -0.15) is 0 Å². The van der Waals surface area contributed by atoms with Gasteiger partial charge in [0, 0.05) is 23.0 Å². The minimum absolute atomic E-state index is 0.238. The number of nitrogens with one attached hydrogen (secondary N) is 1. The van der Waals surface area contributed by atoms with E-state index < -0.39 is 6.10 Å². The van der Waals surface area contributed by atoms with E-state index in [1.165, 1.54) is 4.88 Å². The lowest BCUT2D eigenvalue weighted by atomic mass is 10.3. The highest BCUT2D eigenvalue weighted by Crippen LogP contribution is 2.21. The molecule has 0 bridgehead atoms. The van der Waals surface area contributed by atoms with Gasteiger partial charge in [0.2, 0.25) is 0 Å². The van der Waals surface area contributed by atoms with E-state index in [0.717, 1.165) is 10.3 Å². The Hall–Kier alpha value is -0.590. The molecule has 1 heterocycles. The fourth-order valence-corrected chi connectivity index (χ4v) is 3.25. The topological polar surface area (TPSA) is 41.5 Å². The summed E-state index contributed by atoms with van der Waals surface area (Å²) in [5.74, 6) is 0.665. The van der Waals surface area contributed by atoms with Crippen molar-refractivity contribution in [2.45, 2.75) is 12.6 Å². The lowest BCUT2D eigenvalue weighted by Gasteiger charge is -2.13. The molecule has 0 saturated heterocycles. The first-order chi connectivity index (χ1) is 9.63. The largest absolute Gasteiger partial charge is 0.491 e. The monoisotopic (exact) mass is 375 g/mol. The summed E-state index contributed by atoms with van der Waals surface area (Å²) in [4.78, 5) is 1.22. The van der Waals surface area contributed by atoms with Crippen molar-refractivity contribution < 1.29 is 9.84 Å². The van der Waals surface area contributed by atoms with Crippen LogP contribution in [0.4, 0.5) is 0 Å². The van der Waals surface area contributed by atoms with Crippen molar-refractivity contribution in [1.29, 1.82) is 0 Å². The third-order valence-corrected chi connectivity index (χ3v) is 4.41. The summed E-state index contributed by atoms with van der Waals surface area (Å²) in [6.45, 7) is 1.46. The van der Waals surface area contributed by atoms with E-state index >= 15 is 0 Å². The highest BCUT2D eigenvalue weighted by molar-refractivity contribution is 9.11. The number of aliphatic hydroxyl groups is 1. The molecule has 0 aliphatic heterocycles. The minimum atomic E-state index is -0.558. The molecule has 0 saturated carbocycles. The second-order valence-electron chi connectivity index (χ2n) is 4.26. The van der Waals surface area contributed by atoms with Crippen molar-refractivity contribution in [2.24, 2.45) is 0 Å². The maximum absolute atomic E-state index is 9.84. The number of hydrogen-bond acceptors (Lipinski definition) is 4. The van der Waals surface area contributed by atoms with Crippen LogP contribution in [-0.4, -0.2) is 24.4 Å². The molecule has 1 aromatic carbocycles. The Bertz CT molecular complexity index is 549. The van der Waals surface area contributed by atoms with Gasteiger partial charge in [0.15, 0.2) is 0 Å². The number of rotatable bonds is 7. The van der Waals surface area contributed by atoms with E-state index in [2.05, 4.69) is 27.3 Å². The molecule has 0 spiro atoms. The van der Waals surface area contributed by atoms with Gasteiger partial charge in [0.25, 0.3) is 0 Å². The van der Waals surface area contributed by atoms with Crippen molar-refractivity contribution in [3.63, 3.8) is 0 Å². The Kier molecular flexibility index (Phi) is 6.32. The number of benzene rings is 1. The van der Waals surface area contributed by atoms with Gasteiger partial charge < -0.3 is 15.2 Å². The zero-order valence-corrected chi connectivity index (χ0v) is 13.8. The van der Waals surface area contributed by atoms with Crippen molar-refractivity contribution in [3.05, 3.63) is 50.1 Å². The summed E-state index contributed by atoms with van der Waals surface area (Å²) >= 11 is 11.0. The molecule has 1 unspecified atom stereocenters. The van der Waals surface area contributed by atoms with Gasteiger partial charge in [0.1, 0.15) is 18.5 Å². The molecule has 20 heavy (non-hydrogen) atoms. The fraction of sp³-hybridized carbons (Fsp3) is 0.286. The number of thiophene rings is 1. The van der Waals surface area contributed by atoms with E-state index in [9.17, 15) is 5.11 Å². The van der Waals surface area contributed by atoms with E-state index in [-0.39, 0.29) is 6.61 Å². The fourth-order valence-electron chi connectivity index (χ4n) is 1.62. The molecule has 2 rings (SSSR count). The minimum Gasteiger partial charge on any atom is -0.491 e. The van der Waals surface area contributed by atoms with Crippen molar-refractivity contribution in [2.75, 3.05) is 13.2 Å². The number of ether oxygens (including phenoxy) is 1. The van der Waals surface area contributed by atoms with Gasteiger partial charge in [-0.3, -0.25) is 0 Å². The van der Waals surface area contributed by atoms with Crippen molar-refractivity contribution in [1.82, 2.24) is 5.32 Å². The Morgan fingerprint density at radius 1 is 1.35 bits per heavy atom. The zero-order chi connectivity index (χ0) is 14.4. The first-order valence-electron chi connectivity index (χ1n) is 6.15. The molecular weight excluding hydrogens is 362 g/mol. The molecule has 0 aliphatic carbocycles. The molecule has 2 N–H and O–H groups in total. The summed E-state index contributed by atoms with van der Waals surface area (Å²) in [6.07, 6.45) is -0.558. The van der Waals surface area contributed by atoms with Crippen LogP contribution < -0.4 is 10.1 Å². The van der Waals surface area contributed by atoms with E-state index in [4.69, 9.17) is 16.3 Å². The van der Waals surface area contributed by atoms with Crippen LogP contribution in [0.5, 0.6) is 5.75 Å². The maximum atomic E-state index is 9.84. The van der Waals surface area contributed by atoms with Crippen LogP contribution in [0.25, 0.3) is 0 Å². The van der Waals surface area contributed by atoms with E-state index in [0.29, 0.717) is 17.3 Å². The molecule has 2 aromatic rings. The van der Waals surface area contributed by atoms with E-state index in [1.54, 1.807) is 23.5 Å². The van der Waals surface area contributed by atoms with Gasteiger partial charge in [-0.25, -0.2) is 0 Å². The predicted molar refractivity (Wildman–Crippen MR) is 86.7 cm³/mol. The highest BCUT2D eigenvalue weighted by atomic mass is 79.9. The maximum Gasteiger partial charge on any atom is 0.120 e. The molecular formula is C14H15BrClNO2S. The van der Waals surface area contributed by atoms with Gasteiger partial charge in [-0.1, -0.05) is 17.7 Å². The lowest BCUT2D eigenvalue weighted by molar-refractivity contribution is 0.106. The first-order valence-corrected chi connectivity index (χ1v) is 8.13. The van der Waals surface area contributed by atoms with Crippen LogP contribution in [0.3, 0.4) is 0 Å². The second-order valence-corrected chi connectivity index (χ2v) is 7.24. The molecule has 1 atom stereocenters. The summed E-state index contributed by atoms with van der Waals surface area (Å²) in [7, 11) is 0. The average Bonchev–Trinajstić information content (AvgIpc) is 2.82. The predicted octanol–water partition coefficient (Wildman–Crippen LogP) is 3.69. The summed E-state index contributed by atoms with van der Waals surface area (Å²) in [5, 5.41) is 13.7. The Morgan fingerprint density at radius 2 is 2.20 bits per heavy atom. The van der Waals surface area contributed by atoms with Crippen molar-refractivity contribution >= 4 is 38.9 Å². The molecule has 0 aliphatic rings. The normalized spacial score (nSPS) is 12.3. The Morgan fingerprint density at radius 3 is 2.90 bits per heavy atom. The van der Waals surface area contributed by atoms with Crippen LogP contribution in [0.2, 0.25) is 5.02 Å². The molecule has 3 nitrogen and oxygen atoms in total. The van der Waals surface area contributed by atoms with E-state index in [1.807, 2.05) is 18.2 Å². The van der Waals surface area contributed by atoms with Gasteiger partial charge in [0.05, 0.1) is 3.79 Å². The number of hydrogen-bond donors (Lipinski definition) is 2. The highest BCUT2D eigenvalue weighted by Gasteiger charge is 2.06. The molecule has 1 aromatic heterocycles. The third kappa shape index (κ3) is 5.42. The first kappa shape index (κ1) is 15.8. The summed E-state index contributed by atoms with van der Waals surface area (Å²) in [5.41, 5.74) is 0. The zero-order valence-electron chi connectivity index (χ0n) is 10.7. The molecule has 6 heteroatoms. The van der Waals surface area contributed by atoms with Crippen LogP contribution in [0.1, 0.15) is 4.88 Å². The van der Waals surface area contributed by atoms with Crippen LogP contribution in [0, 0.1) is 0 Å². The quantitative estimate of drug-likeness (QED) is 0.774. The third-order valence-electron chi connectivity index (χ3n) is 2.55. The van der Waals surface area contributed by atoms with Crippen molar-refractivity contribution in [3.8, 4) is 5.75 Å². The molecule has 0 radical (unpaired) electrons. The van der Waals surface area contributed by atoms with Gasteiger partial charge >= 0.3 is 0 Å². The summed E-state index contributed by atoms with van der Waals surface area (Å²) < 4.78 is 6.59. The smallest absolute Gasteiger partial charge is 0.120 e. The van der Waals surface area contributed by atoms with Gasteiger partial charge in [-0.05, 0) is 46.3 Å². The summed E-state index contributed by atoms with van der Waals surface area (Å²) in [6, 6.07) is 11.2. The SMILES string of the molecule is OC(CNCc1ccc(Br)s1)COc1cccc(Cl)c1. The molecule has 0 fully saturated rings. The average molecular weight is 377 g/mol. The standard InChI is InChI=1S/C14H15BrClNO2S/c15-14-5-4-13(20-14)8-17-7-11(18)9-19-12-3-1-2-10(16)6-12/h1-6,11,17-18H,7-9H2. The molecule has 0 amide bonds. The Labute approximate surface area is 135 Å². The number of aliphatic hydroxyl groups excluding tert-OH is 1. The Balaban J connectivity index is 1.66. The van der Waals surface area contributed by atoms with Crippen LogP contribution in [0.15, 0.2) is 40.2 Å². The van der Waals surface area contributed by atoms with Crippen LogP contribution in [-0.2, 0) is 6.54 Å². The van der Waals surface area contributed by atoms with Gasteiger partial charge in [-0.15, -0.1) is 11.3 Å². The number of halogens is 2. The van der Waals surface area contributed by atoms with Crippen LogP contribution >= 0.6 is 38.9 Å². The second kappa shape index (κ2) is 8.00. The lowest BCUT2D eigenvalue weighted by Crippen LogP contribution is -2.30.